The molecule has 3 rings (SSSR count). The lowest BCUT2D eigenvalue weighted by Crippen LogP contribution is -2.27. The molecule has 0 aliphatic carbocycles. The lowest BCUT2D eigenvalue weighted by Gasteiger charge is -2.16. The summed E-state index contributed by atoms with van der Waals surface area (Å²) in [5, 5.41) is 4.03. The first-order valence-electron chi connectivity index (χ1n) is 6.15. The number of nitrogens with one attached hydrogen (secondary N) is 1. The van der Waals surface area contributed by atoms with Crippen LogP contribution in [0.4, 0.5) is 0 Å². The van der Waals surface area contributed by atoms with Gasteiger partial charge in [0.05, 0.1) is 6.54 Å². The number of benzene rings is 1. The molecule has 0 radical (unpaired) electrons. The molecule has 19 heavy (non-hydrogen) atoms. The predicted molar refractivity (Wildman–Crippen MR) is 75.6 cm³/mol. The minimum absolute atomic E-state index is 0.0547. The van der Waals surface area contributed by atoms with Gasteiger partial charge in [0, 0.05) is 24.0 Å². The second-order valence-corrected chi connectivity index (χ2v) is 4.72. The molecule has 1 aliphatic rings. The van der Waals surface area contributed by atoms with E-state index in [1.165, 1.54) is 0 Å². The van der Waals surface area contributed by atoms with E-state index in [1.54, 1.807) is 12.4 Å². The van der Waals surface area contributed by atoms with Crippen LogP contribution < -0.4 is 5.32 Å². The summed E-state index contributed by atoms with van der Waals surface area (Å²) in [4.78, 5) is 13.2. The fourth-order valence-corrected chi connectivity index (χ4v) is 2.28. The van der Waals surface area contributed by atoms with Crippen molar-refractivity contribution in [1.29, 1.82) is 0 Å². The van der Waals surface area contributed by atoms with Crippen LogP contribution >= 0.6 is 11.6 Å². The Morgan fingerprint density at radius 2 is 1.84 bits per heavy atom. The maximum atomic E-state index is 5.94. The van der Waals surface area contributed by atoms with Gasteiger partial charge in [-0.1, -0.05) is 23.7 Å². The van der Waals surface area contributed by atoms with Crippen LogP contribution in [0.1, 0.15) is 17.3 Å². The van der Waals surface area contributed by atoms with Crippen LogP contribution in [0.3, 0.4) is 0 Å². The van der Waals surface area contributed by atoms with Crippen molar-refractivity contribution in [3.8, 4) is 0 Å². The van der Waals surface area contributed by atoms with Crippen molar-refractivity contribution >= 4 is 17.4 Å². The number of halogens is 1. The second kappa shape index (κ2) is 5.36. The first-order valence-corrected chi connectivity index (χ1v) is 6.53. The molecule has 0 amide bonds. The van der Waals surface area contributed by atoms with Gasteiger partial charge in [-0.3, -0.25) is 4.99 Å². The third-order valence-electron chi connectivity index (χ3n) is 3.02. The van der Waals surface area contributed by atoms with E-state index in [0.717, 1.165) is 35.3 Å². The number of nitrogens with zero attached hydrogens (tertiary/aromatic N) is 3. The topological polar surface area (TPSA) is 50.2 Å². The molecule has 1 N–H and O–H groups in total. The van der Waals surface area contributed by atoms with Gasteiger partial charge in [0.1, 0.15) is 17.6 Å². The zero-order chi connectivity index (χ0) is 13.1. The fourth-order valence-electron chi connectivity index (χ4n) is 2.15. The molecule has 0 bridgehead atoms. The normalized spacial score (nSPS) is 15.7. The maximum Gasteiger partial charge on any atom is 0.143 e. The highest BCUT2D eigenvalue weighted by Gasteiger charge is 2.24. The number of amidine groups is 1. The van der Waals surface area contributed by atoms with E-state index in [9.17, 15) is 0 Å². The van der Waals surface area contributed by atoms with Gasteiger partial charge in [-0.2, -0.15) is 0 Å². The second-order valence-electron chi connectivity index (χ2n) is 4.29. The van der Waals surface area contributed by atoms with Crippen molar-refractivity contribution in [1.82, 2.24) is 15.3 Å². The average molecular weight is 273 g/mol. The summed E-state index contributed by atoms with van der Waals surface area (Å²) in [5.74, 6) is 1.62. The summed E-state index contributed by atoms with van der Waals surface area (Å²) in [7, 11) is 0. The molecular formula is C14H13ClN4. The smallest absolute Gasteiger partial charge is 0.143 e. The molecule has 0 spiro atoms. The van der Waals surface area contributed by atoms with Crippen molar-refractivity contribution < 1.29 is 0 Å². The van der Waals surface area contributed by atoms with E-state index in [1.807, 2.05) is 30.3 Å². The van der Waals surface area contributed by atoms with Crippen molar-refractivity contribution in [2.45, 2.75) is 5.92 Å². The molecule has 0 saturated carbocycles. The third kappa shape index (κ3) is 2.58. The molecule has 96 valence electrons. The van der Waals surface area contributed by atoms with Gasteiger partial charge >= 0.3 is 0 Å². The first-order chi connectivity index (χ1) is 9.34. The van der Waals surface area contributed by atoms with E-state index in [0.29, 0.717) is 0 Å². The van der Waals surface area contributed by atoms with Gasteiger partial charge in [0.15, 0.2) is 0 Å². The Balaban J connectivity index is 2.04. The molecule has 2 aromatic rings. The van der Waals surface area contributed by atoms with Crippen molar-refractivity contribution in [2.24, 2.45) is 4.99 Å². The highest BCUT2D eigenvalue weighted by atomic mass is 35.5. The predicted octanol–water partition coefficient (Wildman–Crippen LogP) is 2.26. The van der Waals surface area contributed by atoms with E-state index >= 15 is 0 Å². The molecule has 5 heteroatoms. The standard InChI is InChI=1S/C14H13ClN4/c15-11-4-2-10(3-5-11)12(14-18-8-9-19-14)13-16-6-1-7-17-13/h1-7,12H,8-9H2,(H,18,19). The lowest BCUT2D eigenvalue weighted by molar-refractivity contribution is 0.876. The Kier molecular flexibility index (Phi) is 3.42. The van der Waals surface area contributed by atoms with Crippen LogP contribution in [-0.4, -0.2) is 28.9 Å². The van der Waals surface area contributed by atoms with E-state index in [-0.39, 0.29) is 5.92 Å². The Morgan fingerprint density at radius 3 is 2.47 bits per heavy atom. The van der Waals surface area contributed by atoms with Gasteiger partial charge in [-0.05, 0) is 23.8 Å². The molecule has 1 aromatic carbocycles. The van der Waals surface area contributed by atoms with Crippen LogP contribution in [-0.2, 0) is 0 Å². The summed E-state index contributed by atoms with van der Waals surface area (Å²) in [6.07, 6.45) is 3.50. The molecule has 0 fully saturated rings. The highest BCUT2D eigenvalue weighted by Crippen LogP contribution is 2.25. The Labute approximate surface area is 116 Å². The summed E-state index contributed by atoms with van der Waals surface area (Å²) in [6.45, 7) is 1.67. The van der Waals surface area contributed by atoms with Gasteiger partial charge in [0.2, 0.25) is 0 Å². The van der Waals surface area contributed by atoms with Gasteiger partial charge in [-0.15, -0.1) is 0 Å². The highest BCUT2D eigenvalue weighted by molar-refractivity contribution is 6.30. The van der Waals surface area contributed by atoms with Crippen LogP contribution in [0, 0.1) is 0 Å². The summed E-state index contributed by atoms with van der Waals surface area (Å²) >= 11 is 5.94. The van der Waals surface area contributed by atoms with E-state index in [4.69, 9.17) is 11.6 Å². The van der Waals surface area contributed by atoms with Gasteiger partial charge in [0.25, 0.3) is 0 Å². The minimum Gasteiger partial charge on any atom is -0.371 e. The Hall–Kier alpha value is -1.94. The van der Waals surface area contributed by atoms with Crippen LogP contribution in [0.25, 0.3) is 0 Å². The number of aliphatic imine (C=N–C) groups is 1. The number of rotatable bonds is 3. The van der Waals surface area contributed by atoms with Crippen LogP contribution in [0.15, 0.2) is 47.7 Å². The van der Waals surface area contributed by atoms with Crippen molar-refractivity contribution in [3.63, 3.8) is 0 Å². The molecule has 1 aliphatic heterocycles. The summed E-state index contributed by atoms with van der Waals surface area (Å²) < 4.78 is 0. The molecule has 2 heterocycles. The number of hydrogen-bond acceptors (Lipinski definition) is 4. The molecule has 1 atom stereocenters. The molecule has 1 unspecified atom stereocenters. The van der Waals surface area contributed by atoms with Gasteiger partial charge < -0.3 is 5.32 Å². The Morgan fingerprint density at radius 1 is 1.11 bits per heavy atom. The largest absolute Gasteiger partial charge is 0.371 e. The summed E-state index contributed by atoms with van der Waals surface area (Å²) in [6, 6.07) is 9.55. The van der Waals surface area contributed by atoms with Crippen LogP contribution in [0.5, 0.6) is 0 Å². The minimum atomic E-state index is -0.0547. The lowest BCUT2D eigenvalue weighted by atomic mass is 9.97. The van der Waals surface area contributed by atoms with Crippen molar-refractivity contribution in [2.75, 3.05) is 13.1 Å². The molecule has 0 saturated heterocycles. The average Bonchev–Trinajstić information content (AvgIpc) is 2.96. The monoisotopic (exact) mass is 272 g/mol. The first kappa shape index (κ1) is 12.1. The quantitative estimate of drug-likeness (QED) is 0.932. The van der Waals surface area contributed by atoms with Crippen LogP contribution in [0.2, 0.25) is 5.02 Å². The molecule has 1 aromatic heterocycles. The summed E-state index contributed by atoms with van der Waals surface area (Å²) in [5.41, 5.74) is 1.09. The van der Waals surface area contributed by atoms with Gasteiger partial charge in [-0.25, -0.2) is 9.97 Å². The fraction of sp³-hybridized carbons (Fsp3) is 0.214. The van der Waals surface area contributed by atoms with E-state index in [2.05, 4.69) is 20.3 Å². The molecule has 4 nitrogen and oxygen atoms in total. The maximum absolute atomic E-state index is 5.94. The molecular weight excluding hydrogens is 260 g/mol. The Bertz CT molecular complexity index is 580. The zero-order valence-electron chi connectivity index (χ0n) is 10.3. The number of aromatic nitrogens is 2. The zero-order valence-corrected chi connectivity index (χ0v) is 11.0. The SMILES string of the molecule is Clc1ccc(C(C2=NCCN2)c2ncccn2)cc1. The van der Waals surface area contributed by atoms with Crippen molar-refractivity contribution in [3.05, 3.63) is 59.1 Å². The third-order valence-corrected chi connectivity index (χ3v) is 3.27. The van der Waals surface area contributed by atoms with E-state index < -0.39 is 0 Å². The number of hydrogen-bond donors (Lipinski definition) is 1.